The first kappa shape index (κ1) is 76.0. The van der Waals surface area contributed by atoms with Gasteiger partial charge in [-0.2, -0.15) is 0 Å². The van der Waals surface area contributed by atoms with Gasteiger partial charge in [0.15, 0.2) is 12.4 Å². The highest BCUT2D eigenvalue weighted by atomic mass is 16.7. The normalized spacial score (nSPS) is 13.1. The van der Waals surface area contributed by atoms with Gasteiger partial charge in [-0.3, -0.25) is 9.59 Å². The molecule has 0 radical (unpaired) electrons. The van der Waals surface area contributed by atoms with Crippen molar-refractivity contribution in [2.24, 2.45) is 0 Å². The SMILES string of the molecule is CC/C=C\C/C=C\C/C=C\C/C=C\CCCCCCCCCCCCCCCCCCCCCCCCCCCCC(=O)OC(COC(=O)CCCCCCC/C=C\CCCCCCCC)COC(OCC[N+](C)(C)C)C(=O)[O-]. The summed E-state index contributed by atoms with van der Waals surface area (Å²) in [6, 6.07) is 0. The molecular weight excluding hydrogens is 983 g/mol. The number of nitrogens with zero attached hydrogens (tertiary/aromatic N) is 1. The van der Waals surface area contributed by atoms with Crippen LogP contribution in [0.3, 0.4) is 0 Å². The monoisotopic (exact) mass is 1110 g/mol. The molecule has 0 aromatic carbocycles. The maximum Gasteiger partial charge on any atom is 0.306 e. The van der Waals surface area contributed by atoms with Crippen LogP contribution in [-0.4, -0.2) is 82.3 Å². The van der Waals surface area contributed by atoms with Crippen LogP contribution in [0.4, 0.5) is 0 Å². The van der Waals surface area contributed by atoms with E-state index in [9.17, 15) is 19.5 Å². The van der Waals surface area contributed by atoms with Crippen LogP contribution in [0.1, 0.15) is 309 Å². The maximum atomic E-state index is 12.9. The standard InChI is InChI=1S/C70H127NO8/c1-6-8-10-12-14-16-18-20-22-23-24-25-26-27-28-29-30-31-32-33-34-35-36-37-38-39-40-41-42-43-44-45-47-49-51-53-55-57-59-61-68(73)79-66(65-78-70(69(74)75)76-63-62-71(3,4)5)64-77-67(72)60-58-56-54-52-50-48-46-21-19-17-15-13-11-9-7-2/h8,10,14,16,20-22,24-25,46,66,70H,6-7,9,11-13,15,17-19,23,26-45,47-65H2,1-5H3/b10-8-,16-14-,22-20-,25-24-,46-21-. The molecule has 0 heterocycles. The lowest BCUT2D eigenvalue weighted by Gasteiger charge is -2.26. The topological polar surface area (TPSA) is 111 Å². The second-order valence-corrected chi connectivity index (χ2v) is 23.7. The quantitative estimate of drug-likeness (QED) is 0.0195. The number of likely N-dealkylation sites (N-methyl/N-ethyl adjacent to an activating group) is 1. The summed E-state index contributed by atoms with van der Waals surface area (Å²) in [6.45, 7) is 4.65. The number of rotatable bonds is 62. The Bertz CT molecular complexity index is 1480. The molecule has 0 aliphatic heterocycles. The van der Waals surface area contributed by atoms with Crippen LogP contribution < -0.4 is 5.11 Å². The van der Waals surface area contributed by atoms with E-state index in [2.05, 4.69) is 74.6 Å². The second-order valence-electron chi connectivity index (χ2n) is 23.7. The van der Waals surface area contributed by atoms with E-state index in [-0.39, 0.29) is 38.6 Å². The third-order valence-corrected chi connectivity index (χ3v) is 14.7. The minimum absolute atomic E-state index is 0.148. The number of esters is 2. The van der Waals surface area contributed by atoms with Crippen LogP contribution in [0.5, 0.6) is 0 Å². The summed E-state index contributed by atoms with van der Waals surface area (Å²) in [5, 5.41) is 11.8. The fourth-order valence-electron chi connectivity index (χ4n) is 9.64. The van der Waals surface area contributed by atoms with Gasteiger partial charge in [0, 0.05) is 12.8 Å². The van der Waals surface area contributed by atoms with E-state index in [1.807, 2.05) is 21.1 Å². The molecule has 0 aromatic rings. The number of carbonyl (C=O) groups is 3. The van der Waals surface area contributed by atoms with E-state index in [0.717, 1.165) is 77.0 Å². The van der Waals surface area contributed by atoms with Crippen molar-refractivity contribution in [1.82, 2.24) is 0 Å². The fourth-order valence-corrected chi connectivity index (χ4v) is 9.64. The Balaban J connectivity index is 3.95. The first-order valence-electron chi connectivity index (χ1n) is 33.4. The lowest BCUT2D eigenvalue weighted by atomic mass is 10.0. The molecule has 0 rings (SSSR count). The van der Waals surface area contributed by atoms with Crippen molar-refractivity contribution in [3.63, 3.8) is 0 Å². The van der Waals surface area contributed by atoms with Crippen LogP contribution >= 0.6 is 0 Å². The summed E-state index contributed by atoms with van der Waals surface area (Å²) < 4.78 is 22.7. The number of carboxylic acids is 1. The summed E-state index contributed by atoms with van der Waals surface area (Å²) in [7, 11) is 5.93. The van der Waals surface area contributed by atoms with Gasteiger partial charge in [-0.05, 0) is 77.0 Å². The first-order chi connectivity index (χ1) is 38.6. The highest BCUT2D eigenvalue weighted by molar-refractivity contribution is 5.70. The van der Waals surface area contributed by atoms with Crippen molar-refractivity contribution in [2.45, 2.75) is 322 Å². The molecule has 460 valence electrons. The van der Waals surface area contributed by atoms with Crippen molar-refractivity contribution in [3.8, 4) is 0 Å². The molecule has 0 saturated heterocycles. The molecule has 0 fully saturated rings. The van der Waals surface area contributed by atoms with E-state index >= 15 is 0 Å². The Morgan fingerprint density at radius 3 is 1.09 bits per heavy atom. The molecule has 0 saturated carbocycles. The molecule has 0 aromatic heterocycles. The Morgan fingerprint density at radius 1 is 0.392 bits per heavy atom. The molecular formula is C70H127NO8. The number of hydrogen-bond donors (Lipinski definition) is 0. The zero-order valence-electron chi connectivity index (χ0n) is 52.5. The largest absolute Gasteiger partial charge is 0.545 e. The Kier molecular flexibility index (Phi) is 58.7. The summed E-state index contributed by atoms with van der Waals surface area (Å²) in [4.78, 5) is 37.3. The molecule has 9 nitrogen and oxygen atoms in total. The number of allylic oxidation sites excluding steroid dienone is 10. The van der Waals surface area contributed by atoms with E-state index in [1.165, 1.54) is 199 Å². The fraction of sp³-hybridized carbons (Fsp3) is 0.814. The number of aliphatic carboxylic acids is 1. The average molecular weight is 1110 g/mol. The van der Waals surface area contributed by atoms with Gasteiger partial charge in [0.25, 0.3) is 0 Å². The lowest BCUT2D eigenvalue weighted by Crippen LogP contribution is -2.44. The number of quaternary nitrogens is 1. The maximum absolute atomic E-state index is 12.9. The van der Waals surface area contributed by atoms with Crippen molar-refractivity contribution in [2.75, 3.05) is 47.5 Å². The van der Waals surface area contributed by atoms with Gasteiger partial charge in [0.05, 0.1) is 40.3 Å². The molecule has 9 heteroatoms. The zero-order chi connectivity index (χ0) is 57.6. The van der Waals surface area contributed by atoms with Gasteiger partial charge in [0.1, 0.15) is 13.2 Å². The van der Waals surface area contributed by atoms with Crippen molar-refractivity contribution in [3.05, 3.63) is 60.8 Å². The number of unbranched alkanes of at least 4 members (excludes halogenated alkanes) is 37. The Labute approximate surface area is 488 Å². The van der Waals surface area contributed by atoms with Gasteiger partial charge in [-0.15, -0.1) is 0 Å². The van der Waals surface area contributed by atoms with Crippen molar-refractivity contribution < 1.29 is 42.9 Å². The molecule has 0 aliphatic carbocycles. The van der Waals surface area contributed by atoms with E-state index in [1.54, 1.807) is 0 Å². The van der Waals surface area contributed by atoms with Crippen LogP contribution in [-0.2, 0) is 33.3 Å². The smallest absolute Gasteiger partial charge is 0.306 e. The lowest BCUT2D eigenvalue weighted by molar-refractivity contribution is -0.870. The molecule has 0 spiro atoms. The third kappa shape index (κ3) is 62.4. The molecule has 2 unspecified atom stereocenters. The van der Waals surface area contributed by atoms with E-state index in [4.69, 9.17) is 18.9 Å². The predicted octanol–water partition coefficient (Wildman–Crippen LogP) is 19.0. The van der Waals surface area contributed by atoms with Gasteiger partial charge in [0.2, 0.25) is 0 Å². The van der Waals surface area contributed by atoms with Crippen LogP contribution in [0, 0.1) is 0 Å². The molecule has 0 bridgehead atoms. The van der Waals surface area contributed by atoms with Gasteiger partial charge >= 0.3 is 11.9 Å². The predicted molar refractivity (Wildman–Crippen MR) is 334 cm³/mol. The van der Waals surface area contributed by atoms with E-state index in [0.29, 0.717) is 17.4 Å². The van der Waals surface area contributed by atoms with Gasteiger partial charge < -0.3 is 33.3 Å². The van der Waals surface area contributed by atoms with Crippen LogP contribution in [0.15, 0.2) is 60.8 Å². The van der Waals surface area contributed by atoms with E-state index < -0.39 is 24.3 Å². The second kappa shape index (κ2) is 61.1. The Hall–Kier alpha value is -3.01. The highest BCUT2D eigenvalue weighted by Gasteiger charge is 2.22. The number of ether oxygens (including phenoxy) is 4. The zero-order valence-corrected chi connectivity index (χ0v) is 52.5. The van der Waals surface area contributed by atoms with Crippen molar-refractivity contribution in [1.29, 1.82) is 0 Å². The molecule has 0 aliphatic rings. The third-order valence-electron chi connectivity index (χ3n) is 14.7. The number of carbonyl (C=O) groups excluding carboxylic acids is 3. The summed E-state index contributed by atoms with van der Waals surface area (Å²) >= 11 is 0. The van der Waals surface area contributed by atoms with Crippen LogP contribution in [0.2, 0.25) is 0 Å². The first-order valence-corrected chi connectivity index (χ1v) is 33.4. The number of hydrogen-bond acceptors (Lipinski definition) is 8. The molecule has 79 heavy (non-hydrogen) atoms. The summed E-state index contributed by atoms with van der Waals surface area (Å²) in [5.41, 5.74) is 0. The molecule has 0 amide bonds. The minimum Gasteiger partial charge on any atom is -0.545 e. The summed E-state index contributed by atoms with van der Waals surface area (Å²) in [6.07, 6.45) is 76.0. The van der Waals surface area contributed by atoms with Gasteiger partial charge in [-0.25, -0.2) is 0 Å². The molecule has 0 N–H and O–H groups in total. The van der Waals surface area contributed by atoms with Gasteiger partial charge in [-0.1, -0.05) is 280 Å². The summed E-state index contributed by atoms with van der Waals surface area (Å²) in [5.74, 6) is -2.28. The Morgan fingerprint density at radius 2 is 0.722 bits per heavy atom. The number of carboxylic acid groups (broad SMARTS) is 1. The molecule has 2 atom stereocenters. The minimum atomic E-state index is -1.62. The van der Waals surface area contributed by atoms with Crippen molar-refractivity contribution >= 4 is 17.9 Å². The highest BCUT2D eigenvalue weighted by Crippen LogP contribution is 2.18. The average Bonchev–Trinajstić information content (AvgIpc) is 3.42. The van der Waals surface area contributed by atoms with Crippen LogP contribution in [0.25, 0.3) is 0 Å².